The van der Waals surface area contributed by atoms with Gasteiger partial charge < -0.3 is 0 Å². The van der Waals surface area contributed by atoms with Gasteiger partial charge in [0.2, 0.25) is 0 Å². The summed E-state index contributed by atoms with van der Waals surface area (Å²) in [6.07, 6.45) is 0. The fourth-order valence-corrected chi connectivity index (χ4v) is 3.90. The van der Waals surface area contributed by atoms with Crippen LogP contribution in [0.2, 0.25) is 15.8 Å². The number of hydrogen-bond acceptors (Lipinski definition) is 0. The van der Waals surface area contributed by atoms with Gasteiger partial charge in [0, 0.05) is 18.9 Å². The largest absolute Gasteiger partial charge is 0 e. The van der Waals surface area contributed by atoms with Crippen molar-refractivity contribution in [2.45, 2.75) is 36.5 Å². The van der Waals surface area contributed by atoms with Crippen LogP contribution in [0.4, 0.5) is 0 Å². The minimum Gasteiger partial charge on any atom is 0 e. The van der Waals surface area contributed by atoms with E-state index in [1.165, 1.54) is 15.8 Å². The SMILES string of the molecule is C[CH2][Ge]([CH2]C)[CH2]C.[Li]. The molecule has 0 N–H and O–H groups in total. The van der Waals surface area contributed by atoms with Crippen LogP contribution in [0.5, 0.6) is 0 Å². The molecule has 0 spiro atoms. The van der Waals surface area contributed by atoms with Crippen molar-refractivity contribution in [1.29, 1.82) is 0 Å². The molecule has 2 heteroatoms. The average Bonchev–Trinajstić information content (AvgIpc) is 1.72. The van der Waals surface area contributed by atoms with Gasteiger partial charge in [-0.05, 0) is 0 Å². The molecule has 0 aliphatic carbocycles. The van der Waals surface area contributed by atoms with Crippen molar-refractivity contribution >= 4 is 33.2 Å². The van der Waals surface area contributed by atoms with E-state index in [2.05, 4.69) is 20.8 Å². The van der Waals surface area contributed by atoms with Gasteiger partial charge in [0.15, 0.2) is 0 Å². The maximum absolute atomic E-state index is 2.34. The van der Waals surface area contributed by atoms with Crippen LogP contribution < -0.4 is 0 Å². The molecule has 8 heavy (non-hydrogen) atoms. The second-order valence-electron chi connectivity index (χ2n) is 1.81. The summed E-state index contributed by atoms with van der Waals surface area (Å²) in [5.74, 6) is 0. The first-order valence-electron chi connectivity index (χ1n) is 3.18. The van der Waals surface area contributed by atoms with Crippen LogP contribution in [0.1, 0.15) is 20.8 Å². The molecule has 2 radical (unpaired) electrons. The Kier molecular flexibility index (Phi) is 12.1. The molecular weight excluding hydrogens is 152 g/mol. The Morgan fingerprint density at radius 2 is 1.12 bits per heavy atom. The van der Waals surface area contributed by atoms with Gasteiger partial charge in [-0.3, -0.25) is 0 Å². The van der Waals surface area contributed by atoms with Crippen molar-refractivity contribution in [1.82, 2.24) is 0 Å². The van der Waals surface area contributed by atoms with Crippen LogP contribution in [0, 0.1) is 0 Å². The van der Waals surface area contributed by atoms with Gasteiger partial charge in [-0.1, -0.05) is 0 Å². The Hall–Kier alpha value is 1.14. The maximum Gasteiger partial charge on any atom is 0 e. The number of rotatable bonds is 3. The van der Waals surface area contributed by atoms with Crippen molar-refractivity contribution in [3.05, 3.63) is 0 Å². The second-order valence-corrected chi connectivity index (χ2v) is 9.41. The first-order valence-corrected chi connectivity index (χ1v) is 7.63. The zero-order valence-corrected chi connectivity index (χ0v) is 8.72. The molecule has 0 aliphatic rings. The van der Waals surface area contributed by atoms with Crippen molar-refractivity contribution in [2.24, 2.45) is 0 Å². The molecule has 0 saturated carbocycles. The molecular formula is C6H15GeLi. The van der Waals surface area contributed by atoms with Crippen LogP contribution >= 0.6 is 0 Å². The standard InChI is InChI=1S/C6H15Ge.Li/c1-4-7(5-2)6-3;/h4-6H2,1-3H3;. The molecule has 0 aromatic rings. The Balaban J connectivity index is 0. The molecule has 0 aromatic heterocycles. The summed E-state index contributed by atoms with van der Waals surface area (Å²) in [4.78, 5) is 0. The Bertz CT molecular complexity index is 30.0. The predicted molar refractivity (Wildman–Crippen MR) is 43.0 cm³/mol. The van der Waals surface area contributed by atoms with E-state index in [1.807, 2.05) is 0 Å². The topological polar surface area (TPSA) is 0 Å². The van der Waals surface area contributed by atoms with Crippen molar-refractivity contribution in [2.75, 3.05) is 0 Å². The Morgan fingerprint density at radius 3 is 1.12 bits per heavy atom. The van der Waals surface area contributed by atoms with Crippen LogP contribution in [-0.4, -0.2) is 33.2 Å². The molecule has 0 rings (SSSR count). The van der Waals surface area contributed by atoms with E-state index in [4.69, 9.17) is 0 Å². The van der Waals surface area contributed by atoms with E-state index in [-0.39, 0.29) is 18.9 Å². The summed E-state index contributed by atoms with van der Waals surface area (Å²) >= 11 is -0.403. The summed E-state index contributed by atoms with van der Waals surface area (Å²) in [5, 5.41) is 4.56. The zero-order chi connectivity index (χ0) is 5.70. The summed E-state index contributed by atoms with van der Waals surface area (Å²) in [7, 11) is 0. The first-order chi connectivity index (χ1) is 3.35. The minimum atomic E-state index is -0.403. The molecule has 0 nitrogen and oxygen atoms in total. The molecule has 0 heterocycles. The molecule has 44 valence electrons. The van der Waals surface area contributed by atoms with E-state index >= 15 is 0 Å². The Labute approximate surface area is 69.7 Å². The average molecular weight is 167 g/mol. The van der Waals surface area contributed by atoms with Gasteiger partial charge in [-0.15, -0.1) is 0 Å². The van der Waals surface area contributed by atoms with Gasteiger partial charge in [-0.25, -0.2) is 0 Å². The van der Waals surface area contributed by atoms with E-state index in [1.54, 1.807) is 0 Å². The fourth-order valence-electron chi connectivity index (χ4n) is 0.750. The van der Waals surface area contributed by atoms with Gasteiger partial charge >= 0.3 is 50.9 Å². The molecule has 0 amide bonds. The fraction of sp³-hybridized carbons (Fsp3) is 1.00. The zero-order valence-electron chi connectivity index (χ0n) is 6.62. The van der Waals surface area contributed by atoms with Crippen LogP contribution in [0.15, 0.2) is 0 Å². The van der Waals surface area contributed by atoms with E-state index in [0.717, 1.165) is 0 Å². The molecule has 0 aliphatic heterocycles. The van der Waals surface area contributed by atoms with Gasteiger partial charge in [0.05, 0.1) is 0 Å². The smallest absolute Gasteiger partial charge is 0 e. The summed E-state index contributed by atoms with van der Waals surface area (Å²) in [6.45, 7) is 7.01. The maximum atomic E-state index is 2.34. The van der Waals surface area contributed by atoms with E-state index < -0.39 is 14.3 Å². The summed E-state index contributed by atoms with van der Waals surface area (Å²) in [5.41, 5.74) is 0. The quantitative estimate of drug-likeness (QED) is 0.564. The third-order valence-corrected chi connectivity index (χ3v) is 7.79. The van der Waals surface area contributed by atoms with Crippen molar-refractivity contribution < 1.29 is 0 Å². The normalized spacial score (nSPS) is 9.00. The third-order valence-electron chi connectivity index (χ3n) is 1.50. The molecule has 0 atom stereocenters. The molecule has 0 aromatic carbocycles. The monoisotopic (exact) mass is 168 g/mol. The number of hydrogen-bond donors (Lipinski definition) is 0. The van der Waals surface area contributed by atoms with Crippen LogP contribution in [0.25, 0.3) is 0 Å². The molecule has 0 fully saturated rings. The van der Waals surface area contributed by atoms with Crippen LogP contribution in [-0.2, 0) is 0 Å². The van der Waals surface area contributed by atoms with Crippen molar-refractivity contribution in [3.63, 3.8) is 0 Å². The first kappa shape index (κ1) is 11.9. The Morgan fingerprint density at radius 1 is 0.875 bits per heavy atom. The summed E-state index contributed by atoms with van der Waals surface area (Å²) in [6, 6.07) is 0. The second kappa shape index (κ2) is 8.14. The van der Waals surface area contributed by atoms with Crippen LogP contribution in [0.3, 0.4) is 0 Å². The molecule has 0 saturated heterocycles. The van der Waals surface area contributed by atoms with E-state index in [0.29, 0.717) is 0 Å². The van der Waals surface area contributed by atoms with Gasteiger partial charge in [0.25, 0.3) is 0 Å². The van der Waals surface area contributed by atoms with Gasteiger partial charge in [0.1, 0.15) is 0 Å². The summed E-state index contributed by atoms with van der Waals surface area (Å²) < 4.78 is 0. The minimum absolute atomic E-state index is 0. The van der Waals surface area contributed by atoms with E-state index in [9.17, 15) is 0 Å². The third kappa shape index (κ3) is 5.28. The van der Waals surface area contributed by atoms with Gasteiger partial charge in [-0.2, -0.15) is 0 Å². The molecule has 0 unspecified atom stereocenters. The predicted octanol–water partition coefficient (Wildman–Crippen LogP) is 2.16. The van der Waals surface area contributed by atoms with Crippen molar-refractivity contribution in [3.8, 4) is 0 Å². The molecule has 0 bridgehead atoms.